The third kappa shape index (κ3) is 3.83. The van der Waals surface area contributed by atoms with E-state index in [1.54, 1.807) is 4.90 Å². The minimum atomic E-state index is -0.582. The molecule has 0 spiro atoms. The fourth-order valence-corrected chi connectivity index (χ4v) is 4.19. The normalized spacial score (nSPS) is 28.7. The van der Waals surface area contributed by atoms with Gasteiger partial charge >= 0.3 is 0 Å². The van der Waals surface area contributed by atoms with E-state index in [0.29, 0.717) is 26.1 Å². The molecule has 4 rings (SSSR count). The molecule has 0 radical (unpaired) electrons. The highest BCUT2D eigenvalue weighted by Crippen LogP contribution is 2.33. The standard InChI is InChI=1S/C19H25FN4O3/c20-12-14-9-13-3-1-2-4-15(13)24(14)19(26)10-16-21-17(11-18(25)22-16)23-5-7-27-8-6-23/h1-4,14,16-17,21H,5-12H2,(H,22,25). The van der Waals surface area contributed by atoms with Crippen LogP contribution in [-0.4, -0.2) is 68.1 Å². The zero-order chi connectivity index (χ0) is 18.8. The molecule has 146 valence electrons. The van der Waals surface area contributed by atoms with Crippen molar-refractivity contribution in [2.75, 3.05) is 37.9 Å². The van der Waals surface area contributed by atoms with Gasteiger partial charge in [0.1, 0.15) is 6.67 Å². The number of carbonyl (C=O) groups is 2. The van der Waals surface area contributed by atoms with Crippen LogP contribution >= 0.6 is 0 Å². The number of alkyl halides is 1. The number of nitrogens with one attached hydrogen (secondary N) is 2. The SMILES string of the molecule is O=C1CC(N2CCOCC2)NC(CC(=O)N2c3ccccc3CC2CF)N1. The first-order valence-electron chi connectivity index (χ1n) is 9.49. The van der Waals surface area contributed by atoms with Crippen LogP contribution in [0.4, 0.5) is 10.1 Å². The smallest absolute Gasteiger partial charge is 0.230 e. The Morgan fingerprint density at radius 3 is 2.78 bits per heavy atom. The number of hydrogen-bond donors (Lipinski definition) is 2. The molecule has 1 aromatic carbocycles. The number of fused-ring (bicyclic) bond motifs is 1. The Labute approximate surface area is 157 Å². The summed E-state index contributed by atoms with van der Waals surface area (Å²) in [6, 6.07) is 7.07. The highest BCUT2D eigenvalue weighted by molar-refractivity contribution is 5.97. The molecular weight excluding hydrogens is 351 g/mol. The van der Waals surface area contributed by atoms with Gasteiger partial charge in [0.25, 0.3) is 0 Å². The number of para-hydroxylation sites is 1. The maximum absolute atomic E-state index is 13.5. The molecule has 2 fully saturated rings. The predicted octanol–water partition coefficient (Wildman–Crippen LogP) is 0.398. The average Bonchev–Trinajstić information content (AvgIpc) is 3.07. The summed E-state index contributed by atoms with van der Waals surface area (Å²) in [6.45, 7) is 2.23. The molecule has 0 bridgehead atoms. The molecule has 3 aliphatic heterocycles. The quantitative estimate of drug-likeness (QED) is 0.796. The minimum absolute atomic E-state index is 0.0769. The van der Waals surface area contributed by atoms with Gasteiger partial charge in [-0.3, -0.25) is 19.8 Å². The monoisotopic (exact) mass is 376 g/mol. The number of amides is 2. The first-order valence-corrected chi connectivity index (χ1v) is 9.49. The number of carbonyl (C=O) groups excluding carboxylic acids is 2. The summed E-state index contributed by atoms with van der Waals surface area (Å²) >= 11 is 0. The first kappa shape index (κ1) is 18.3. The second-order valence-corrected chi connectivity index (χ2v) is 7.26. The van der Waals surface area contributed by atoms with Crippen molar-refractivity contribution in [2.24, 2.45) is 0 Å². The molecule has 2 N–H and O–H groups in total. The lowest BCUT2D eigenvalue weighted by molar-refractivity contribution is -0.128. The van der Waals surface area contributed by atoms with E-state index in [1.807, 2.05) is 24.3 Å². The maximum Gasteiger partial charge on any atom is 0.230 e. The topological polar surface area (TPSA) is 73.9 Å². The average molecular weight is 376 g/mol. The van der Waals surface area contributed by atoms with Crippen LogP contribution in [0.5, 0.6) is 0 Å². The van der Waals surface area contributed by atoms with Gasteiger partial charge in [0, 0.05) is 18.8 Å². The van der Waals surface area contributed by atoms with Gasteiger partial charge in [-0.25, -0.2) is 4.39 Å². The maximum atomic E-state index is 13.5. The fraction of sp³-hybridized carbons (Fsp3) is 0.579. The molecule has 3 aliphatic rings. The molecule has 2 saturated heterocycles. The van der Waals surface area contributed by atoms with Gasteiger partial charge in [-0.1, -0.05) is 18.2 Å². The van der Waals surface area contributed by atoms with E-state index in [1.165, 1.54) is 0 Å². The van der Waals surface area contributed by atoms with Crippen LogP contribution in [0, 0.1) is 0 Å². The summed E-state index contributed by atoms with van der Waals surface area (Å²) in [4.78, 5) is 28.9. The number of anilines is 1. The van der Waals surface area contributed by atoms with E-state index in [2.05, 4.69) is 15.5 Å². The molecule has 0 aliphatic carbocycles. The van der Waals surface area contributed by atoms with Crippen molar-refractivity contribution in [3.05, 3.63) is 29.8 Å². The largest absolute Gasteiger partial charge is 0.379 e. The van der Waals surface area contributed by atoms with Gasteiger partial charge < -0.3 is 15.0 Å². The van der Waals surface area contributed by atoms with E-state index in [9.17, 15) is 14.0 Å². The summed E-state index contributed by atoms with van der Waals surface area (Å²) in [5.74, 6) is -0.255. The molecule has 8 heteroatoms. The van der Waals surface area contributed by atoms with Crippen molar-refractivity contribution in [3.8, 4) is 0 Å². The van der Waals surface area contributed by atoms with Crippen LogP contribution in [0.25, 0.3) is 0 Å². The molecule has 7 nitrogen and oxygen atoms in total. The number of morpholine rings is 1. The number of hydrogen-bond acceptors (Lipinski definition) is 5. The highest BCUT2D eigenvalue weighted by Gasteiger charge is 2.37. The van der Waals surface area contributed by atoms with Crippen molar-refractivity contribution in [1.29, 1.82) is 0 Å². The molecule has 2 amide bonds. The van der Waals surface area contributed by atoms with E-state index in [-0.39, 0.29) is 24.4 Å². The van der Waals surface area contributed by atoms with Gasteiger partial charge in [0.2, 0.25) is 11.8 Å². The second-order valence-electron chi connectivity index (χ2n) is 7.26. The number of halogens is 1. The van der Waals surface area contributed by atoms with Crippen molar-refractivity contribution in [1.82, 2.24) is 15.5 Å². The van der Waals surface area contributed by atoms with Crippen LogP contribution in [0.15, 0.2) is 24.3 Å². The Bertz CT molecular complexity index is 710. The van der Waals surface area contributed by atoms with Crippen LogP contribution in [0.3, 0.4) is 0 Å². The molecule has 27 heavy (non-hydrogen) atoms. The Balaban J connectivity index is 1.44. The Hall–Kier alpha value is -2.03. The van der Waals surface area contributed by atoms with E-state index >= 15 is 0 Å². The highest BCUT2D eigenvalue weighted by atomic mass is 19.1. The van der Waals surface area contributed by atoms with E-state index < -0.39 is 18.9 Å². The number of nitrogens with zero attached hydrogens (tertiary/aromatic N) is 2. The third-order valence-corrected chi connectivity index (χ3v) is 5.49. The van der Waals surface area contributed by atoms with Crippen LogP contribution < -0.4 is 15.5 Å². The number of benzene rings is 1. The zero-order valence-electron chi connectivity index (χ0n) is 15.2. The molecule has 0 saturated carbocycles. The number of ether oxygens (including phenoxy) is 1. The second kappa shape index (κ2) is 7.92. The number of rotatable bonds is 4. The molecule has 0 aromatic heterocycles. The fourth-order valence-electron chi connectivity index (χ4n) is 4.19. The lowest BCUT2D eigenvalue weighted by Gasteiger charge is -2.40. The van der Waals surface area contributed by atoms with Crippen molar-refractivity contribution in [3.63, 3.8) is 0 Å². The lowest BCUT2D eigenvalue weighted by Crippen LogP contribution is -2.64. The summed E-state index contributed by atoms with van der Waals surface area (Å²) in [6.07, 6.45) is 0.406. The Morgan fingerprint density at radius 2 is 2.00 bits per heavy atom. The minimum Gasteiger partial charge on any atom is -0.379 e. The van der Waals surface area contributed by atoms with Crippen LogP contribution in [0.2, 0.25) is 0 Å². The van der Waals surface area contributed by atoms with E-state index in [0.717, 1.165) is 24.3 Å². The first-order chi connectivity index (χ1) is 13.2. The third-order valence-electron chi connectivity index (χ3n) is 5.49. The summed E-state index contributed by atoms with van der Waals surface area (Å²) in [5.41, 5.74) is 1.76. The summed E-state index contributed by atoms with van der Waals surface area (Å²) < 4.78 is 18.9. The van der Waals surface area contributed by atoms with Crippen molar-refractivity contribution < 1.29 is 18.7 Å². The van der Waals surface area contributed by atoms with Gasteiger partial charge in [-0.15, -0.1) is 0 Å². The molecule has 1 aromatic rings. The lowest BCUT2D eigenvalue weighted by atomic mass is 10.1. The van der Waals surface area contributed by atoms with Crippen LogP contribution in [0.1, 0.15) is 18.4 Å². The van der Waals surface area contributed by atoms with Gasteiger partial charge in [-0.2, -0.15) is 0 Å². The predicted molar refractivity (Wildman–Crippen MR) is 97.9 cm³/mol. The van der Waals surface area contributed by atoms with Gasteiger partial charge in [0.05, 0.1) is 44.4 Å². The van der Waals surface area contributed by atoms with Gasteiger partial charge in [-0.05, 0) is 18.1 Å². The summed E-state index contributed by atoms with van der Waals surface area (Å²) in [5, 5.41) is 6.21. The molecule has 3 atom stereocenters. The Morgan fingerprint density at radius 1 is 1.22 bits per heavy atom. The van der Waals surface area contributed by atoms with E-state index in [4.69, 9.17) is 4.74 Å². The van der Waals surface area contributed by atoms with Crippen molar-refractivity contribution >= 4 is 17.5 Å². The van der Waals surface area contributed by atoms with Crippen LogP contribution in [-0.2, 0) is 20.7 Å². The molecule has 3 heterocycles. The zero-order valence-corrected chi connectivity index (χ0v) is 15.2. The summed E-state index contributed by atoms with van der Waals surface area (Å²) in [7, 11) is 0. The molecule has 3 unspecified atom stereocenters. The Kier molecular flexibility index (Phi) is 5.38. The van der Waals surface area contributed by atoms with Crippen molar-refractivity contribution in [2.45, 2.75) is 37.6 Å². The molecular formula is C19H25FN4O3. The van der Waals surface area contributed by atoms with Gasteiger partial charge in [0.15, 0.2) is 0 Å².